The maximum atomic E-state index is 12.5. The van der Waals surface area contributed by atoms with E-state index in [1.54, 1.807) is 24.6 Å². The third-order valence-electron chi connectivity index (χ3n) is 12.5. The lowest BCUT2D eigenvalue weighted by Crippen LogP contribution is -2.17. The van der Waals surface area contributed by atoms with Crippen molar-refractivity contribution in [1.29, 1.82) is 0 Å². The number of rotatable bonds is 0. The summed E-state index contributed by atoms with van der Waals surface area (Å²) in [5.74, 6) is 1.98. The summed E-state index contributed by atoms with van der Waals surface area (Å²) in [6.07, 6.45) is 4.87. The Labute approximate surface area is 386 Å². The summed E-state index contributed by atoms with van der Waals surface area (Å²) in [4.78, 5) is 9.35. The van der Waals surface area contributed by atoms with Crippen LogP contribution >= 0.6 is 11.6 Å². The molecule has 8 rings (SSSR count). The number of phenols is 3. The van der Waals surface area contributed by atoms with Crippen LogP contribution in [-0.2, 0) is 47.3 Å². The van der Waals surface area contributed by atoms with Gasteiger partial charge in [-0.05, 0) is 101 Å². The molecule has 0 atom stereocenters. The zero-order valence-electron chi connectivity index (χ0n) is 40.0. The van der Waals surface area contributed by atoms with Gasteiger partial charge in [0.15, 0.2) is 0 Å². The van der Waals surface area contributed by atoms with Crippen LogP contribution in [0, 0.1) is 0 Å². The summed E-state index contributed by atoms with van der Waals surface area (Å²) in [5.41, 5.74) is 11.6. The van der Waals surface area contributed by atoms with Crippen molar-refractivity contribution < 1.29 is 24.8 Å². The molecule has 8 heteroatoms. The molecule has 0 fully saturated rings. The average Bonchev–Trinajstić information content (AvgIpc) is 3.17. The maximum absolute atomic E-state index is 12.5. The first kappa shape index (κ1) is 46.7. The summed E-state index contributed by atoms with van der Waals surface area (Å²) in [5, 5.41) is 36.8. The third-order valence-corrected chi connectivity index (χ3v) is 12.8. The van der Waals surface area contributed by atoms with Crippen LogP contribution in [0.25, 0.3) is 0 Å². The number of nitrogens with zero attached hydrogens (tertiary/aromatic N) is 2. The Kier molecular flexibility index (Phi) is 12.9. The minimum Gasteiger partial charge on any atom is -0.507 e. The van der Waals surface area contributed by atoms with Crippen molar-refractivity contribution in [2.45, 2.75) is 130 Å². The van der Waals surface area contributed by atoms with Crippen LogP contribution in [0.1, 0.15) is 161 Å². The number of phenolic OH excluding ortho intramolecular Hbond substituents is 3. The molecule has 0 amide bonds. The fourth-order valence-corrected chi connectivity index (χ4v) is 8.82. The number of aliphatic imine (C=N–C) groups is 2. The first-order valence-electron chi connectivity index (χ1n) is 22.7. The minimum atomic E-state index is -0.219. The number of benzene rings is 5. The summed E-state index contributed by atoms with van der Waals surface area (Å²) in [6, 6.07) is 20.9. The largest absolute Gasteiger partial charge is 0.507 e. The van der Waals surface area contributed by atoms with E-state index in [9.17, 15) is 15.3 Å². The zero-order valence-corrected chi connectivity index (χ0v) is 40.8. The van der Waals surface area contributed by atoms with Gasteiger partial charge < -0.3 is 24.8 Å². The summed E-state index contributed by atoms with van der Waals surface area (Å²) in [7, 11) is 0. The first-order chi connectivity index (χ1) is 29.9. The van der Waals surface area contributed by atoms with E-state index in [1.165, 1.54) is 0 Å². The third kappa shape index (κ3) is 10.3. The standard InChI is InChI=1S/C56H67ClN2O5/c1-53(2,3)43-21-33-17-37-25-45(55(7,8)9)27-39-19-35-23-44(54(4,5)6)24-36(49(35)61)20-40-28-46(56(10,11)12)26-38(18-34(22-43)48(33)60)52(40)64-16-14-59-32-42-30-47(57)29-41(50(42)62)31-58-13-15-63-51(37)39/h21-32,60-62H,13-20H2,1-12H3. The second-order valence-electron chi connectivity index (χ2n) is 21.9. The van der Waals surface area contributed by atoms with Gasteiger partial charge >= 0.3 is 0 Å². The van der Waals surface area contributed by atoms with Gasteiger partial charge in [0.25, 0.3) is 0 Å². The van der Waals surface area contributed by atoms with Gasteiger partial charge in [-0.2, -0.15) is 0 Å². The molecule has 3 aliphatic rings. The molecule has 2 heterocycles. The summed E-state index contributed by atoms with van der Waals surface area (Å²) in [6.45, 7) is 27.6. The van der Waals surface area contributed by atoms with Crippen molar-refractivity contribution in [3.63, 3.8) is 0 Å². The molecule has 1 aliphatic carbocycles. The van der Waals surface area contributed by atoms with Gasteiger partial charge in [-0.25, -0.2) is 0 Å². The average molecular weight is 884 g/mol. The molecule has 5 aromatic rings. The Morgan fingerprint density at radius 3 is 0.938 bits per heavy atom. The topological polar surface area (TPSA) is 104 Å². The second kappa shape index (κ2) is 17.6. The molecular formula is C56H67ClN2O5. The Balaban J connectivity index is 1.58. The lowest BCUT2D eigenvalue weighted by atomic mass is 9.79. The lowest BCUT2D eigenvalue weighted by molar-refractivity contribution is 0.322. The molecule has 5 aromatic carbocycles. The quantitative estimate of drug-likeness (QED) is 0.141. The number of ether oxygens (including phenoxy) is 2. The van der Waals surface area contributed by atoms with Crippen LogP contribution in [0.4, 0.5) is 0 Å². The van der Waals surface area contributed by atoms with Crippen LogP contribution in [-0.4, -0.2) is 54.1 Å². The molecule has 0 unspecified atom stereocenters. The van der Waals surface area contributed by atoms with Gasteiger partial charge in [-0.15, -0.1) is 0 Å². The van der Waals surface area contributed by atoms with Crippen molar-refractivity contribution in [1.82, 2.24) is 0 Å². The van der Waals surface area contributed by atoms with E-state index in [0.29, 0.717) is 66.4 Å². The molecule has 0 spiro atoms. The highest BCUT2D eigenvalue weighted by atomic mass is 35.5. The van der Waals surface area contributed by atoms with Gasteiger partial charge in [0.1, 0.15) is 42.0 Å². The van der Waals surface area contributed by atoms with E-state index in [2.05, 4.69) is 142 Å². The predicted molar refractivity (Wildman–Crippen MR) is 264 cm³/mol. The number of aromatic hydroxyl groups is 3. The highest BCUT2D eigenvalue weighted by Crippen LogP contribution is 2.44. The molecule has 12 bridgehead atoms. The van der Waals surface area contributed by atoms with Gasteiger partial charge in [-0.3, -0.25) is 9.98 Å². The zero-order chi connectivity index (χ0) is 46.5. The number of hydrogen-bond acceptors (Lipinski definition) is 7. The van der Waals surface area contributed by atoms with E-state index in [-0.39, 0.29) is 52.1 Å². The van der Waals surface area contributed by atoms with Crippen molar-refractivity contribution in [3.8, 4) is 28.7 Å². The highest BCUT2D eigenvalue weighted by molar-refractivity contribution is 6.31. The highest BCUT2D eigenvalue weighted by Gasteiger charge is 2.28. The molecule has 0 saturated heterocycles. The van der Waals surface area contributed by atoms with Gasteiger partial charge in [-0.1, -0.05) is 143 Å². The molecule has 7 nitrogen and oxygen atoms in total. The van der Waals surface area contributed by atoms with E-state index in [0.717, 1.165) is 66.8 Å². The Morgan fingerprint density at radius 1 is 0.406 bits per heavy atom. The van der Waals surface area contributed by atoms with Crippen molar-refractivity contribution in [2.75, 3.05) is 26.3 Å². The number of hydrogen-bond donors (Lipinski definition) is 3. The van der Waals surface area contributed by atoms with E-state index >= 15 is 0 Å². The molecule has 0 saturated carbocycles. The summed E-state index contributed by atoms with van der Waals surface area (Å²) >= 11 is 6.55. The fourth-order valence-electron chi connectivity index (χ4n) is 8.58. The molecule has 0 radical (unpaired) electrons. The molecule has 64 heavy (non-hydrogen) atoms. The van der Waals surface area contributed by atoms with Crippen LogP contribution in [0.15, 0.2) is 70.6 Å². The molecule has 338 valence electrons. The van der Waals surface area contributed by atoms with Crippen molar-refractivity contribution >= 4 is 24.0 Å². The van der Waals surface area contributed by atoms with Crippen LogP contribution < -0.4 is 9.47 Å². The predicted octanol–water partition coefficient (Wildman–Crippen LogP) is 12.6. The van der Waals surface area contributed by atoms with Crippen LogP contribution in [0.3, 0.4) is 0 Å². The lowest BCUT2D eigenvalue weighted by Gasteiger charge is -2.28. The minimum absolute atomic E-state index is 0.0406. The van der Waals surface area contributed by atoms with E-state index in [1.807, 2.05) is 0 Å². The fraction of sp³-hybridized carbons (Fsp3) is 0.429. The van der Waals surface area contributed by atoms with E-state index in [4.69, 9.17) is 21.1 Å². The van der Waals surface area contributed by atoms with Gasteiger partial charge in [0, 0.05) is 54.3 Å². The molecule has 3 N–H and O–H groups in total. The SMILES string of the molecule is CC(C)(C)c1cc2c(O)c(c1)Cc1cc(C(C)(C)C)cc3c1OCCN=Cc1cc(Cl)cc(c1O)C=NCCOc1c(cc(C(C)(C)C)cc1Cc1cc(C(C)(C)C)cc(c1O)C3)C2. The Hall–Kier alpha value is -5.27. The first-order valence-corrected chi connectivity index (χ1v) is 23.1. The van der Waals surface area contributed by atoms with Gasteiger partial charge in [0.2, 0.25) is 0 Å². The monoisotopic (exact) mass is 882 g/mol. The molecule has 0 aromatic heterocycles. The molecule has 2 aliphatic heterocycles. The number of fused-ring (bicyclic) bond motifs is 6. The van der Waals surface area contributed by atoms with E-state index < -0.39 is 0 Å². The Morgan fingerprint density at radius 2 is 0.672 bits per heavy atom. The second-order valence-corrected chi connectivity index (χ2v) is 22.4. The smallest absolute Gasteiger partial charge is 0.133 e. The summed E-state index contributed by atoms with van der Waals surface area (Å²) < 4.78 is 13.7. The van der Waals surface area contributed by atoms with Crippen molar-refractivity contribution in [3.05, 3.63) is 144 Å². The van der Waals surface area contributed by atoms with Gasteiger partial charge in [0.05, 0.1) is 13.1 Å². The maximum Gasteiger partial charge on any atom is 0.133 e. The Bertz CT molecular complexity index is 2370. The molecular weight excluding hydrogens is 816 g/mol. The van der Waals surface area contributed by atoms with Crippen LogP contribution in [0.2, 0.25) is 5.02 Å². The normalized spacial score (nSPS) is 15.1. The van der Waals surface area contributed by atoms with Crippen molar-refractivity contribution in [2.24, 2.45) is 9.98 Å². The number of halogens is 1. The van der Waals surface area contributed by atoms with Crippen LogP contribution in [0.5, 0.6) is 28.7 Å².